The molecule has 0 radical (unpaired) electrons. The Morgan fingerprint density at radius 2 is 2.13 bits per heavy atom. The molecule has 1 aromatic heterocycles. The van der Waals surface area contributed by atoms with E-state index in [0.29, 0.717) is 35.2 Å². The second-order valence-electron chi connectivity index (χ2n) is 7.10. The number of rotatable bonds is 6. The topological polar surface area (TPSA) is 81.6 Å². The first-order valence-corrected chi connectivity index (χ1v) is 10.2. The van der Waals surface area contributed by atoms with Crippen LogP contribution in [0.5, 0.6) is 0 Å². The smallest absolute Gasteiger partial charge is 0.251 e. The van der Waals surface area contributed by atoms with Gasteiger partial charge >= 0.3 is 0 Å². The van der Waals surface area contributed by atoms with Crippen molar-refractivity contribution in [2.24, 2.45) is 4.99 Å². The third kappa shape index (κ3) is 5.60. The van der Waals surface area contributed by atoms with E-state index in [2.05, 4.69) is 30.8 Å². The average Bonchev–Trinajstić information content (AvgIpc) is 3.20. The highest BCUT2D eigenvalue weighted by Crippen LogP contribution is 2.25. The molecule has 1 amide bonds. The molecule has 1 aliphatic rings. The van der Waals surface area contributed by atoms with Crippen LogP contribution in [-0.2, 0) is 0 Å². The van der Waals surface area contributed by atoms with Gasteiger partial charge in [0.05, 0.1) is 5.02 Å². The van der Waals surface area contributed by atoms with Crippen LogP contribution in [0.25, 0.3) is 0 Å². The van der Waals surface area contributed by atoms with E-state index in [0.717, 1.165) is 25.3 Å². The van der Waals surface area contributed by atoms with Gasteiger partial charge in [-0.05, 0) is 43.2 Å². The van der Waals surface area contributed by atoms with Crippen LogP contribution < -0.4 is 20.9 Å². The minimum absolute atomic E-state index is 0.208. The Morgan fingerprint density at radius 3 is 2.87 bits per heavy atom. The molecule has 9 heteroatoms. The quantitative estimate of drug-likeness (QED) is 0.371. The van der Waals surface area contributed by atoms with Gasteiger partial charge in [0.2, 0.25) is 0 Å². The van der Waals surface area contributed by atoms with Crippen molar-refractivity contribution in [1.29, 1.82) is 0 Å². The fourth-order valence-corrected chi connectivity index (χ4v) is 3.50. The van der Waals surface area contributed by atoms with Gasteiger partial charge in [0.25, 0.3) is 5.91 Å². The predicted molar refractivity (Wildman–Crippen MR) is 118 cm³/mol. The van der Waals surface area contributed by atoms with E-state index in [-0.39, 0.29) is 17.8 Å². The summed E-state index contributed by atoms with van der Waals surface area (Å²) in [5.74, 6) is 0.756. The summed E-state index contributed by atoms with van der Waals surface area (Å²) >= 11 is 6.24. The molecule has 0 spiro atoms. The van der Waals surface area contributed by atoms with Gasteiger partial charge in [-0.3, -0.25) is 9.79 Å². The van der Waals surface area contributed by atoms with Gasteiger partial charge in [0.1, 0.15) is 11.6 Å². The van der Waals surface area contributed by atoms with Gasteiger partial charge in [0, 0.05) is 51.0 Å². The van der Waals surface area contributed by atoms with Crippen LogP contribution in [0.15, 0.2) is 41.5 Å². The van der Waals surface area contributed by atoms with E-state index in [4.69, 9.17) is 11.6 Å². The standard InChI is InChI=1S/C21H26ClFN6O/c1-14-5-6-15(12-18(14)23)20(30)26-9-10-27-21(24-2)28-16-7-11-29(13-16)19-17(22)4-3-8-25-19/h3-6,8,12,16H,7,9-11,13H2,1-2H3,(H,26,30)(H2,24,27,28). The van der Waals surface area contributed by atoms with Crippen molar-refractivity contribution in [3.05, 3.63) is 58.5 Å². The van der Waals surface area contributed by atoms with Crippen molar-refractivity contribution in [2.75, 3.05) is 38.1 Å². The highest BCUT2D eigenvalue weighted by atomic mass is 35.5. The number of nitrogens with zero attached hydrogens (tertiary/aromatic N) is 3. The number of aryl methyl sites for hydroxylation is 1. The van der Waals surface area contributed by atoms with Crippen LogP contribution in [0.4, 0.5) is 10.2 Å². The van der Waals surface area contributed by atoms with Crippen LogP contribution in [0, 0.1) is 12.7 Å². The molecular formula is C21H26ClFN6O. The zero-order chi connectivity index (χ0) is 21.5. The van der Waals surface area contributed by atoms with E-state index in [9.17, 15) is 9.18 Å². The maximum Gasteiger partial charge on any atom is 0.251 e. The first kappa shape index (κ1) is 21.8. The Hall–Kier alpha value is -2.87. The normalized spacial score (nSPS) is 16.5. The zero-order valence-corrected chi connectivity index (χ0v) is 17.8. The summed E-state index contributed by atoms with van der Waals surface area (Å²) in [6.45, 7) is 4.16. The molecule has 1 fully saturated rings. The van der Waals surface area contributed by atoms with E-state index in [1.807, 2.05) is 12.1 Å². The number of anilines is 1. The summed E-state index contributed by atoms with van der Waals surface area (Å²) in [5, 5.41) is 9.98. The summed E-state index contributed by atoms with van der Waals surface area (Å²) < 4.78 is 13.6. The number of hydrogen-bond acceptors (Lipinski definition) is 4. The van der Waals surface area contributed by atoms with Crippen LogP contribution in [0.2, 0.25) is 5.02 Å². The molecule has 1 unspecified atom stereocenters. The molecule has 160 valence electrons. The van der Waals surface area contributed by atoms with Gasteiger partial charge in [-0.15, -0.1) is 0 Å². The maximum atomic E-state index is 13.6. The molecular weight excluding hydrogens is 407 g/mol. The number of carbonyl (C=O) groups excluding carboxylic acids is 1. The molecule has 1 aliphatic heterocycles. The molecule has 0 aliphatic carbocycles. The summed E-state index contributed by atoms with van der Waals surface area (Å²) in [4.78, 5) is 22.9. The number of hydrogen-bond donors (Lipinski definition) is 3. The number of amides is 1. The number of nitrogens with one attached hydrogen (secondary N) is 3. The Morgan fingerprint density at radius 1 is 1.33 bits per heavy atom. The molecule has 30 heavy (non-hydrogen) atoms. The van der Waals surface area contributed by atoms with Crippen LogP contribution >= 0.6 is 11.6 Å². The largest absolute Gasteiger partial charge is 0.355 e. The van der Waals surface area contributed by atoms with Gasteiger partial charge in [-0.25, -0.2) is 9.37 Å². The van der Waals surface area contributed by atoms with Crippen LogP contribution in [0.3, 0.4) is 0 Å². The first-order chi connectivity index (χ1) is 14.5. The summed E-state index contributed by atoms with van der Waals surface area (Å²) in [7, 11) is 1.70. The van der Waals surface area contributed by atoms with Crippen molar-refractivity contribution in [2.45, 2.75) is 19.4 Å². The maximum absolute atomic E-state index is 13.6. The molecule has 2 heterocycles. The monoisotopic (exact) mass is 432 g/mol. The van der Waals surface area contributed by atoms with Crippen molar-refractivity contribution in [3.8, 4) is 0 Å². The summed E-state index contributed by atoms with van der Waals surface area (Å²) in [5.41, 5.74) is 0.818. The lowest BCUT2D eigenvalue weighted by Gasteiger charge is -2.20. The lowest BCUT2D eigenvalue weighted by atomic mass is 10.1. The van der Waals surface area contributed by atoms with Gasteiger partial charge in [-0.1, -0.05) is 17.7 Å². The fourth-order valence-electron chi connectivity index (χ4n) is 3.26. The highest BCUT2D eigenvalue weighted by molar-refractivity contribution is 6.32. The molecule has 1 saturated heterocycles. The summed E-state index contributed by atoms with van der Waals surface area (Å²) in [6, 6.07) is 8.32. The van der Waals surface area contributed by atoms with Gasteiger partial charge in [-0.2, -0.15) is 0 Å². The van der Waals surface area contributed by atoms with Crippen LogP contribution in [-0.4, -0.2) is 56.1 Å². The Balaban J connectivity index is 1.41. The fraction of sp³-hybridized carbons (Fsp3) is 0.381. The number of guanidine groups is 1. The Kier molecular flexibility index (Phi) is 7.46. The minimum Gasteiger partial charge on any atom is -0.355 e. The van der Waals surface area contributed by atoms with E-state index in [1.165, 1.54) is 6.07 Å². The SMILES string of the molecule is CN=C(NCCNC(=O)c1ccc(C)c(F)c1)NC1CCN(c2ncccc2Cl)C1. The number of carbonyl (C=O) groups is 1. The molecule has 1 aromatic carbocycles. The predicted octanol–water partition coefficient (Wildman–Crippen LogP) is 2.36. The van der Waals surface area contributed by atoms with E-state index >= 15 is 0 Å². The number of halogens is 2. The van der Waals surface area contributed by atoms with Gasteiger partial charge in [0.15, 0.2) is 5.96 Å². The molecule has 0 saturated carbocycles. The molecule has 2 aromatic rings. The zero-order valence-electron chi connectivity index (χ0n) is 17.1. The number of aromatic nitrogens is 1. The molecule has 3 rings (SSSR count). The summed E-state index contributed by atoms with van der Waals surface area (Å²) in [6.07, 6.45) is 2.67. The van der Waals surface area contributed by atoms with Crippen LogP contribution in [0.1, 0.15) is 22.3 Å². The van der Waals surface area contributed by atoms with Crippen molar-refractivity contribution < 1.29 is 9.18 Å². The molecule has 1 atom stereocenters. The van der Waals surface area contributed by atoms with Gasteiger partial charge < -0.3 is 20.9 Å². The van der Waals surface area contributed by atoms with E-state index in [1.54, 1.807) is 32.3 Å². The average molecular weight is 433 g/mol. The molecule has 0 bridgehead atoms. The van der Waals surface area contributed by atoms with Crippen molar-refractivity contribution in [1.82, 2.24) is 20.9 Å². The van der Waals surface area contributed by atoms with E-state index < -0.39 is 0 Å². The minimum atomic E-state index is -0.386. The Bertz CT molecular complexity index is 922. The second kappa shape index (κ2) is 10.2. The second-order valence-corrected chi connectivity index (χ2v) is 7.51. The third-order valence-electron chi connectivity index (χ3n) is 4.93. The Labute approximate surface area is 180 Å². The number of pyridine rings is 1. The van der Waals surface area contributed by atoms with Crippen molar-refractivity contribution >= 4 is 29.3 Å². The first-order valence-electron chi connectivity index (χ1n) is 9.85. The number of benzene rings is 1. The number of aliphatic imine (C=N–C) groups is 1. The van der Waals surface area contributed by atoms with Crippen molar-refractivity contribution in [3.63, 3.8) is 0 Å². The lowest BCUT2D eigenvalue weighted by Crippen LogP contribution is -2.46. The lowest BCUT2D eigenvalue weighted by molar-refractivity contribution is 0.0954. The highest BCUT2D eigenvalue weighted by Gasteiger charge is 2.25. The third-order valence-corrected chi connectivity index (χ3v) is 5.22. The molecule has 3 N–H and O–H groups in total. The molecule has 7 nitrogen and oxygen atoms in total.